The van der Waals surface area contributed by atoms with Crippen LogP contribution < -0.4 is 0 Å². The van der Waals surface area contributed by atoms with E-state index in [1.165, 1.54) is 0 Å². The van der Waals surface area contributed by atoms with Crippen molar-refractivity contribution >= 4 is 21.7 Å². The minimum Gasteiger partial charge on any atom is -0.389 e. The molecular weight excluding hydrogens is 296 g/mol. The number of hydrogen-bond acceptors (Lipinski definition) is 3. The van der Waals surface area contributed by atoms with E-state index in [0.717, 1.165) is 15.6 Å². The minimum absolute atomic E-state index is 0.0794. The van der Waals surface area contributed by atoms with Gasteiger partial charge < -0.3 is 9.84 Å². The fourth-order valence-electron chi connectivity index (χ4n) is 2.96. The van der Waals surface area contributed by atoms with Crippen molar-refractivity contribution in [1.29, 1.82) is 0 Å². The molecule has 1 aromatic rings. The quantitative estimate of drug-likeness (QED) is 0.866. The molecule has 1 atom stereocenters. The second-order valence-electron chi connectivity index (χ2n) is 5.14. The molecule has 2 aliphatic rings. The topological polar surface area (TPSA) is 46.5 Å². The summed E-state index contributed by atoms with van der Waals surface area (Å²) in [6, 6.07) is 5.78. The molecule has 0 spiro atoms. The van der Waals surface area contributed by atoms with E-state index < -0.39 is 5.60 Å². The van der Waals surface area contributed by atoms with E-state index in [1.54, 1.807) is 0 Å². The Morgan fingerprint density at radius 1 is 1.33 bits per heavy atom. The Bertz CT molecular complexity index is 492. The van der Waals surface area contributed by atoms with Crippen molar-refractivity contribution in [2.24, 2.45) is 5.92 Å². The van der Waals surface area contributed by atoms with E-state index in [-0.39, 0.29) is 11.7 Å². The van der Waals surface area contributed by atoms with Crippen LogP contribution in [0.4, 0.5) is 0 Å². The van der Waals surface area contributed by atoms with E-state index in [4.69, 9.17) is 4.74 Å². The zero-order chi connectivity index (χ0) is 12.8. The van der Waals surface area contributed by atoms with Crippen LogP contribution in [-0.4, -0.2) is 29.7 Å². The largest absolute Gasteiger partial charge is 0.389 e. The van der Waals surface area contributed by atoms with Gasteiger partial charge in [0.2, 0.25) is 0 Å². The number of aliphatic hydroxyl groups is 1. The Morgan fingerprint density at radius 3 is 2.78 bits per heavy atom. The summed E-state index contributed by atoms with van der Waals surface area (Å²) in [6.07, 6.45) is 1.76. The molecule has 1 aromatic carbocycles. The third kappa shape index (κ3) is 1.92. The maximum absolute atomic E-state index is 12.4. The van der Waals surface area contributed by atoms with E-state index in [1.807, 2.05) is 18.2 Å². The smallest absolute Gasteiger partial charge is 0.169 e. The molecule has 0 bridgehead atoms. The maximum atomic E-state index is 12.4. The minimum atomic E-state index is -0.888. The van der Waals surface area contributed by atoms with Crippen molar-refractivity contribution in [1.82, 2.24) is 0 Å². The number of ether oxygens (including phenoxy) is 1. The van der Waals surface area contributed by atoms with E-state index >= 15 is 0 Å². The predicted molar refractivity (Wildman–Crippen MR) is 70.7 cm³/mol. The molecule has 3 rings (SSSR count). The Morgan fingerprint density at radius 2 is 2.06 bits per heavy atom. The molecule has 96 valence electrons. The summed E-state index contributed by atoms with van der Waals surface area (Å²) in [6.45, 7) is 1.08. The molecule has 0 aromatic heterocycles. The average Bonchev–Trinajstić information content (AvgIpc) is 2.68. The molecular formula is C14H15BrO3. The summed E-state index contributed by atoms with van der Waals surface area (Å²) < 4.78 is 6.19. The van der Waals surface area contributed by atoms with Crippen LogP contribution in [-0.2, 0) is 11.2 Å². The van der Waals surface area contributed by atoms with Gasteiger partial charge in [0.25, 0.3) is 0 Å². The normalized spacial score (nSPS) is 26.1. The van der Waals surface area contributed by atoms with Gasteiger partial charge in [0.15, 0.2) is 5.78 Å². The Balaban J connectivity index is 1.92. The van der Waals surface area contributed by atoms with Crippen molar-refractivity contribution in [3.63, 3.8) is 0 Å². The summed E-state index contributed by atoms with van der Waals surface area (Å²) in [5.74, 6) is -0.221. The zero-order valence-electron chi connectivity index (χ0n) is 9.99. The first-order chi connectivity index (χ1) is 8.60. The fourth-order valence-corrected chi connectivity index (χ4v) is 3.32. The zero-order valence-corrected chi connectivity index (χ0v) is 11.6. The number of benzene rings is 1. The number of carbonyl (C=O) groups is 1. The third-order valence-electron chi connectivity index (χ3n) is 4.09. The van der Waals surface area contributed by atoms with Gasteiger partial charge >= 0.3 is 0 Å². The standard InChI is InChI=1S/C14H15BrO3/c15-10-2-1-9-7-12(13(16)11(9)8-10)14(17)3-5-18-6-4-14/h1-2,8,12,17H,3-7H2. The van der Waals surface area contributed by atoms with Crippen LogP contribution in [0.15, 0.2) is 22.7 Å². The highest BCUT2D eigenvalue weighted by Gasteiger charge is 2.46. The van der Waals surface area contributed by atoms with Gasteiger partial charge in [-0.2, -0.15) is 0 Å². The third-order valence-corrected chi connectivity index (χ3v) is 4.58. The molecule has 4 heteroatoms. The van der Waals surface area contributed by atoms with E-state index in [0.29, 0.717) is 32.5 Å². The van der Waals surface area contributed by atoms with Gasteiger partial charge in [-0.15, -0.1) is 0 Å². The molecule has 1 aliphatic carbocycles. The Labute approximate surface area is 114 Å². The van der Waals surface area contributed by atoms with E-state index in [9.17, 15) is 9.90 Å². The number of ketones is 1. The van der Waals surface area contributed by atoms with Crippen LogP contribution in [0.25, 0.3) is 0 Å². The van der Waals surface area contributed by atoms with Gasteiger partial charge in [-0.1, -0.05) is 22.0 Å². The highest BCUT2D eigenvalue weighted by Crippen LogP contribution is 2.39. The molecule has 0 saturated carbocycles. The predicted octanol–water partition coefficient (Wildman–Crippen LogP) is 2.35. The molecule has 1 fully saturated rings. The first kappa shape index (κ1) is 12.3. The molecule has 0 amide bonds. The lowest BCUT2D eigenvalue weighted by molar-refractivity contribution is -0.0880. The summed E-state index contributed by atoms with van der Waals surface area (Å²) >= 11 is 3.39. The number of carbonyl (C=O) groups excluding carboxylic acids is 1. The molecule has 1 heterocycles. The number of halogens is 1. The molecule has 1 N–H and O–H groups in total. The van der Waals surface area contributed by atoms with Crippen molar-refractivity contribution in [2.75, 3.05) is 13.2 Å². The molecule has 1 saturated heterocycles. The fraction of sp³-hybridized carbons (Fsp3) is 0.500. The highest BCUT2D eigenvalue weighted by molar-refractivity contribution is 9.10. The SMILES string of the molecule is O=C1c2cc(Br)ccc2CC1C1(O)CCOCC1. The monoisotopic (exact) mass is 310 g/mol. The number of hydrogen-bond donors (Lipinski definition) is 1. The van der Waals surface area contributed by atoms with Gasteiger partial charge in [-0.3, -0.25) is 4.79 Å². The molecule has 0 radical (unpaired) electrons. The van der Waals surface area contributed by atoms with Crippen LogP contribution in [0.2, 0.25) is 0 Å². The van der Waals surface area contributed by atoms with Crippen molar-refractivity contribution in [3.8, 4) is 0 Å². The van der Waals surface area contributed by atoms with Crippen molar-refractivity contribution in [3.05, 3.63) is 33.8 Å². The second kappa shape index (κ2) is 4.44. The van der Waals surface area contributed by atoms with Gasteiger partial charge in [0, 0.05) is 36.1 Å². The van der Waals surface area contributed by atoms with Crippen LogP contribution in [0, 0.1) is 5.92 Å². The Kier molecular flexibility index (Phi) is 3.04. The summed E-state index contributed by atoms with van der Waals surface area (Å²) in [5, 5.41) is 10.7. The van der Waals surface area contributed by atoms with E-state index in [2.05, 4.69) is 15.9 Å². The molecule has 18 heavy (non-hydrogen) atoms. The first-order valence-electron chi connectivity index (χ1n) is 6.23. The van der Waals surface area contributed by atoms with Crippen LogP contribution in [0.1, 0.15) is 28.8 Å². The van der Waals surface area contributed by atoms with Crippen LogP contribution in [0.5, 0.6) is 0 Å². The van der Waals surface area contributed by atoms with Crippen LogP contribution in [0.3, 0.4) is 0 Å². The summed E-state index contributed by atoms with van der Waals surface area (Å²) in [5.41, 5.74) is 0.920. The summed E-state index contributed by atoms with van der Waals surface area (Å²) in [7, 11) is 0. The molecule has 1 unspecified atom stereocenters. The number of rotatable bonds is 1. The highest BCUT2D eigenvalue weighted by atomic mass is 79.9. The van der Waals surface area contributed by atoms with Gasteiger partial charge in [0.1, 0.15) is 0 Å². The van der Waals surface area contributed by atoms with Gasteiger partial charge in [0.05, 0.1) is 11.5 Å². The lowest BCUT2D eigenvalue weighted by Gasteiger charge is -2.36. The summed E-state index contributed by atoms with van der Waals surface area (Å²) in [4.78, 5) is 12.4. The van der Waals surface area contributed by atoms with Crippen molar-refractivity contribution in [2.45, 2.75) is 24.9 Å². The van der Waals surface area contributed by atoms with Gasteiger partial charge in [-0.05, 0) is 24.1 Å². The maximum Gasteiger partial charge on any atom is 0.169 e. The lowest BCUT2D eigenvalue weighted by atomic mass is 9.79. The second-order valence-corrected chi connectivity index (χ2v) is 6.05. The molecule has 3 nitrogen and oxygen atoms in total. The number of Topliss-reactive ketones (excluding diaryl/α,β-unsaturated/α-hetero) is 1. The number of fused-ring (bicyclic) bond motifs is 1. The van der Waals surface area contributed by atoms with Gasteiger partial charge in [-0.25, -0.2) is 0 Å². The average molecular weight is 311 g/mol. The molecule has 1 aliphatic heterocycles. The first-order valence-corrected chi connectivity index (χ1v) is 7.02. The van der Waals surface area contributed by atoms with Crippen molar-refractivity contribution < 1.29 is 14.6 Å². The Hall–Kier alpha value is -0.710. The van der Waals surface area contributed by atoms with Crippen LogP contribution >= 0.6 is 15.9 Å². The lowest BCUT2D eigenvalue weighted by Crippen LogP contribution is -2.45.